The summed E-state index contributed by atoms with van der Waals surface area (Å²) in [6, 6.07) is 2.09. The molecule has 2 rings (SSSR count). The quantitative estimate of drug-likeness (QED) is 0.632. The minimum absolute atomic E-state index is 0.487. The Bertz CT molecular complexity index is 203. The SMILES string of the molecule is CC(=O)O.CN1C2CCCC1CC(N)C2. The van der Waals surface area contributed by atoms with Gasteiger partial charge in [-0.2, -0.15) is 0 Å². The van der Waals surface area contributed by atoms with Gasteiger partial charge in [0, 0.05) is 25.0 Å². The second-order valence-corrected chi connectivity index (χ2v) is 4.65. The molecule has 3 N–H and O–H groups in total. The van der Waals surface area contributed by atoms with Gasteiger partial charge in [-0.3, -0.25) is 4.79 Å². The molecule has 2 unspecified atom stereocenters. The van der Waals surface area contributed by atoms with Gasteiger partial charge >= 0.3 is 0 Å². The van der Waals surface area contributed by atoms with E-state index in [1.54, 1.807) is 0 Å². The summed E-state index contributed by atoms with van der Waals surface area (Å²) in [4.78, 5) is 11.5. The Labute approximate surface area is 91.4 Å². The minimum atomic E-state index is -0.833. The lowest BCUT2D eigenvalue weighted by Crippen LogP contribution is -2.53. The number of aliphatic carboxylic acids is 1. The molecule has 15 heavy (non-hydrogen) atoms. The molecule has 88 valence electrons. The fourth-order valence-electron chi connectivity index (χ4n) is 2.66. The zero-order valence-corrected chi connectivity index (χ0v) is 9.65. The van der Waals surface area contributed by atoms with Crippen molar-refractivity contribution in [2.75, 3.05) is 7.05 Å². The molecule has 4 nitrogen and oxygen atoms in total. The zero-order chi connectivity index (χ0) is 11.4. The van der Waals surface area contributed by atoms with E-state index in [1.165, 1.54) is 32.1 Å². The molecule has 2 heterocycles. The van der Waals surface area contributed by atoms with Gasteiger partial charge in [-0.15, -0.1) is 0 Å². The second kappa shape index (κ2) is 5.47. The van der Waals surface area contributed by atoms with Crippen molar-refractivity contribution in [3.8, 4) is 0 Å². The van der Waals surface area contributed by atoms with Crippen LogP contribution in [0.3, 0.4) is 0 Å². The van der Waals surface area contributed by atoms with E-state index < -0.39 is 5.97 Å². The van der Waals surface area contributed by atoms with E-state index in [9.17, 15) is 0 Å². The van der Waals surface area contributed by atoms with Crippen LogP contribution in [0.4, 0.5) is 0 Å². The van der Waals surface area contributed by atoms with Crippen LogP contribution in [0.25, 0.3) is 0 Å². The summed E-state index contributed by atoms with van der Waals surface area (Å²) < 4.78 is 0. The van der Waals surface area contributed by atoms with E-state index in [2.05, 4.69) is 11.9 Å². The van der Waals surface area contributed by atoms with Crippen LogP contribution >= 0.6 is 0 Å². The molecule has 2 atom stereocenters. The fourth-order valence-corrected chi connectivity index (χ4v) is 2.66. The summed E-state index contributed by atoms with van der Waals surface area (Å²) in [7, 11) is 2.26. The fraction of sp³-hybridized carbons (Fsp3) is 0.909. The van der Waals surface area contributed by atoms with Crippen molar-refractivity contribution >= 4 is 5.97 Å². The zero-order valence-electron chi connectivity index (χ0n) is 9.65. The third kappa shape index (κ3) is 3.80. The van der Waals surface area contributed by atoms with Gasteiger partial charge in [0.25, 0.3) is 5.97 Å². The van der Waals surface area contributed by atoms with E-state index in [1.807, 2.05) is 0 Å². The van der Waals surface area contributed by atoms with Crippen molar-refractivity contribution in [2.45, 2.75) is 57.2 Å². The third-order valence-corrected chi connectivity index (χ3v) is 3.38. The Morgan fingerprint density at radius 2 is 1.73 bits per heavy atom. The van der Waals surface area contributed by atoms with Crippen molar-refractivity contribution in [3.63, 3.8) is 0 Å². The largest absolute Gasteiger partial charge is 0.481 e. The van der Waals surface area contributed by atoms with E-state index in [-0.39, 0.29) is 0 Å². The van der Waals surface area contributed by atoms with Gasteiger partial charge in [0.2, 0.25) is 0 Å². The molecule has 0 radical (unpaired) electrons. The molecule has 0 aromatic heterocycles. The maximum Gasteiger partial charge on any atom is 0.300 e. The number of hydrogen-bond donors (Lipinski definition) is 2. The first-order valence-electron chi connectivity index (χ1n) is 5.67. The molecule has 0 saturated carbocycles. The summed E-state index contributed by atoms with van der Waals surface area (Å²) in [5.41, 5.74) is 5.96. The smallest absolute Gasteiger partial charge is 0.300 e. The molecule has 0 aliphatic carbocycles. The van der Waals surface area contributed by atoms with Crippen LogP contribution in [0.5, 0.6) is 0 Å². The van der Waals surface area contributed by atoms with Crippen LogP contribution < -0.4 is 5.73 Å². The number of piperidine rings is 2. The molecule has 2 saturated heterocycles. The number of carboxylic acid groups (broad SMARTS) is 1. The predicted octanol–water partition coefficient (Wildman–Crippen LogP) is 1.05. The third-order valence-electron chi connectivity index (χ3n) is 3.38. The Hall–Kier alpha value is -0.610. The number of carbonyl (C=O) groups is 1. The topological polar surface area (TPSA) is 66.6 Å². The molecule has 2 aliphatic heterocycles. The molecule has 2 aliphatic rings. The summed E-state index contributed by atoms with van der Waals surface area (Å²) in [5, 5.41) is 7.42. The minimum Gasteiger partial charge on any atom is -0.481 e. The normalized spacial score (nSPS) is 35.3. The molecule has 0 aromatic rings. The van der Waals surface area contributed by atoms with Gasteiger partial charge in [-0.05, 0) is 32.7 Å². The molecule has 0 aromatic carbocycles. The lowest BCUT2D eigenvalue weighted by atomic mass is 9.83. The van der Waals surface area contributed by atoms with Crippen LogP contribution in [0.2, 0.25) is 0 Å². The highest BCUT2D eigenvalue weighted by molar-refractivity contribution is 5.62. The highest BCUT2D eigenvalue weighted by Crippen LogP contribution is 2.31. The summed E-state index contributed by atoms with van der Waals surface area (Å²) in [5.74, 6) is -0.833. The Morgan fingerprint density at radius 1 is 1.33 bits per heavy atom. The van der Waals surface area contributed by atoms with Crippen molar-refractivity contribution in [3.05, 3.63) is 0 Å². The van der Waals surface area contributed by atoms with Gasteiger partial charge < -0.3 is 15.7 Å². The molecule has 4 heteroatoms. The number of carboxylic acids is 1. The first-order chi connectivity index (χ1) is 7.00. The number of rotatable bonds is 0. The molecular formula is C11H22N2O2. The Balaban J connectivity index is 0.000000245. The van der Waals surface area contributed by atoms with Crippen LogP contribution in [-0.4, -0.2) is 41.1 Å². The van der Waals surface area contributed by atoms with E-state index in [0.717, 1.165) is 19.0 Å². The summed E-state index contributed by atoms with van der Waals surface area (Å²) in [6.45, 7) is 1.08. The average Bonchev–Trinajstić information content (AvgIpc) is 2.06. The number of nitrogens with two attached hydrogens (primary N) is 1. The van der Waals surface area contributed by atoms with Crippen molar-refractivity contribution in [1.82, 2.24) is 4.90 Å². The lowest BCUT2D eigenvalue weighted by Gasteiger charge is -2.46. The maximum atomic E-state index is 9.00. The van der Waals surface area contributed by atoms with Gasteiger partial charge in [-0.1, -0.05) is 6.42 Å². The molecule has 2 fully saturated rings. The monoisotopic (exact) mass is 214 g/mol. The molecule has 2 bridgehead atoms. The van der Waals surface area contributed by atoms with E-state index >= 15 is 0 Å². The highest BCUT2D eigenvalue weighted by Gasteiger charge is 2.34. The second-order valence-electron chi connectivity index (χ2n) is 4.65. The molecule has 0 amide bonds. The van der Waals surface area contributed by atoms with Crippen LogP contribution in [0.1, 0.15) is 39.0 Å². The Morgan fingerprint density at radius 3 is 2.13 bits per heavy atom. The van der Waals surface area contributed by atoms with Gasteiger partial charge in [-0.25, -0.2) is 0 Å². The number of hydrogen-bond acceptors (Lipinski definition) is 3. The Kier molecular flexibility index (Phi) is 4.54. The lowest BCUT2D eigenvalue weighted by molar-refractivity contribution is -0.134. The predicted molar refractivity (Wildman–Crippen MR) is 59.7 cm³/mol. The summed E-state index contributed by atoms with van der Waals surface area (Å²) in [6.07, 6.45) is 6.63. The average molecular weight is 214 g/mol. The van der Waals surface area contributed by atoms with E-state index in [4.69, 9.17) is 15.6 Å². The van der Waals surface area contributed by atoms with Crippen molar-refractivity contribution in [2.24, 2.45) is 5.73 Å². The first kappa shape index (κ1) is 12.5. The van der Waals surface area contributed by atoms with Gasteiger partial charge in [0.1, 0.15) is 0 Å². The van der Waals surface area contributed by atoms with Crippen LogP contribution in [-0.2, 0) is 4.79 Å². The highest BCUT2D eigenvalue weighted by atomic mass is 16.4. The maximum absolute atomic E-state index is 9.00. The van der Waals surface area contributed by atoms with Crippen molar-refractivity contribution < 1.29 is 9.90 Å². The van der Waals surface area contributed by atoms with Crippen LogP contribution in [0, 0.1) is 0 Å². The molecule has 0 spiro atoms. The number of nitrogens with zero attached hydrogens (tertiary/aromatic N) is 1. The van der Waals surface area contributed by atoms with Gasteiger partial charge in [0.05, 0.1) is 0 Å². The first-order valence-corrected chi connectivity index (χ1v) is 5.67. The van der Waals surface area contributed by atoms with E-state index in [0.29, 0.717) is 6.04 Å². The van der Waals surface area contributed by atoms with Crippen LogP contribution in [0.15, 0.2) is 0 Å². The standard InChI is InChI=1S/C9H18N2.C2H4O2/c1-11-8-3-2-4-9(11)6-7(10)5-8;1-2(3)4/h7-9H,2-6,10H2,1H3;1H3,(H,3,4). The molecular weight excluding hydrogens is 192 g/mol. The summed E-state index contributed by atoms with van der Waals surface area (Å²) >= 11 is 0. The number of fused-ring (bicyclic) bond motifs is 2. The van der Waals surface area contributed by atoms with Crippen molar-refractivity contribution in [1.29, 1.82) is 0 Å². The van der Waals surface area contributed by atoms with Gasteiger partial charge in [0.15, 0.2) is 0 Å².